The Hall–Kier alpha value is -1.17. The zero-order chi connectivity index (χ0) is 12.5. The molecule has 17 heavy (non-hydrogen) atoms. The summed E-state index contributed by atoms with van der Waals surface area (Å²) in [5.74, 6) is 0.307. The van der Waals surface area contributed by atoms with Gasteiger partial charge in [-0.2, -0.15) is 13.2 Å². The molecule has 0 spiro atoms. The second kappa shape index (κ2) is 4.60. The van der Waals surface area contributed by atoms with Crippen molar-refractivity contribution in [2.45, 2.75) is 45.5 Å². The first kappa shape index (κ1) is 12.3. The third-order valence-electron chi connectivity index (χ3n) is 2.76. The van der Waals surface area contributed by atoms with E-state index in [-0.39, 0.29) is 12.1 Å². The molecule has 2 rings (SSSR count). The summed E-state index contributed by atoms with van der Waals surface area (Å²) in [5.41, 5.74) is -0.0604. The first-order valence-electron chi connectivity index (χ1n) is 5.69. The Kier molecular flexibility index (Phi) is 3.33. The van der Waals surface area contributed by atoms with Crippen LogP contribution in [0.25, 0.3) is 0 Å². The van der Waals surface area contributed by atoms with Crippen molar-refractivity contribution in [3.05, 3.63) is 22.8 Å². The molecule has 0 amide bonds. The topological polar surface area (TPSA) is 37.8 Å². The van der Waals surface area contributed by atoms with E-state index in [0.29, 0.717) is 24.5 Å². The Bertz CT molecular complexity index is 415. The monoisotopic (exact) mass is 245 g/mol. The summed E-state index contributed by atoms with van der Waals surface area (Å²) in [6.07, 6.45) is -2.16. The number of aryl methyl sites for hydroxylation is 1. The molecule has 0 unspecified atom stereocenters. The minimum Gasteiger partial charge on any atom is -0.307 e. The van der Waals surface area contributed by atoms with Crippen LogP contribution in [0.4, 0.5) is 13.2 Å². The highest BCUT2D eigenvalue weighted by atomic mass is 19.4. The predicted octanol–water partition coefficient (Wildman–Crippen LogP) is 2.44. The van der Waals surface area contributed by atoms with E-state index in [2.05, 4.69) is 15.3 Å². The lowest BCUT2D eigenvalue weighted by atomic mass is 10.1. The maximum atomic E-state index is 12.8. The molecule has 0 bridgehead atoms. The lowest BCUT2D eigenvalue weighted by Gasteiger charge is -2.11. The van der Waals surface area contributed by atoms with Gasteiger partial charge in [0, 0.05) is 25.1 Å². The average Bonchev–Trinajstić information content (AvgIpc) is 2.71. The first-order chi connectivity index (χ1) is 8.02. The summed E-state index contributed by atoms with van der Waals surface area (Å²) in [6.45, 7) is 2.60. The zero-order valence-electron chi connectivity index (χ0n) is 9.56. The molecule has 1 aromatic heterocycles. The van der Waals surface area contributed by atoms with E-state index in [1.807, 2.05) is 6.92 Å². The SMILES string of the molecule is CCCCc1nc2c(c(C(F)(F)F)n1)CNC2. The van der Waals surface area contributed by atoms with Gasteiger partial charge in [-0.05, 0) is 6.42 Å². The summed E-state index contributed by atoms with van der Waals surface area (Å²) in [7, 11) is 0. The third kappa shape index (κ3) is 2.57. The molecule has 0 fully saturated rings. The highest BCUT2D eigenvalue weighted by Gasteiger charge is 2.38. The van der Waals surface area contributed by atoms with Crippen molar-refractivity contribution in [3.63, 3.8) is 0 Å². The number of unbranched alkanes of at least 4 members (excludes halogenated alkanes) is 1. The maximum absolute atomic E-state index is 12.8. The van der Waals surface area contributed by atoms with Gasteiger partial charge in [-0.15, -0.1) is 0 Å². The summed E-state index contributed by atoms with van der Waals surface area (Å²) in [6, 6.07) is 0. The Balaban J connectivity index is 2.39. The molecule has 0 aliphatic carbocycles. The van der Waals surface area contributed by atoms with Crippen molar-refractivity contribution in [3.8, 4) is 0 Å². The fourth-order valence-electron chi connectivity index (χ4n) is 1.90. The minimum absolute atomic E-state index is 0.206. The Morgan fingerprint density at radius 2 is 2.00 bits per heavy atom. The predicted molar refractivity (Wildman–Crippen MR) is 56.2 cm³/mol. The summed E-state index contributed by atoms with van der Waals surface area (Å²) in [4.78, 5) is 7.87. The van der Waals surface area contributed by atoms with E-state index in [1.165, 1.54) is 0 Å². The van der Waals surface area contributed by atoms with Crippen molar-refractivity contribution in [2.24, 2.45) is 0 Å². The third-order valence-corrected chi connectivity index (χ3v) is 2.76. The molecule has 0 radical (unpaired) electrons. The van der Waals surface area contributed by atoms with Crippen LogP contribution in [0, 0.1) is 0 Å². The first-order valence-corrected chi connectivity index (χ1v) is 5.69. The van der Waals surface area contributed by atoms with Crippen molar-refractivity contribution >= 4 is 0 Å². The Labute approximate surface area is 97.5 Å². The van der Waals surface area contributed by atoms with E-state index < -0.39 is 11.9 Å². The van der Waals surface area contributed by atoms with Crippen LogP contribution in [0.5, 0.6) is 0 Å². The number of hydrogen-bond donors (Lipinski definition) is 1. The van der Waals surface area contributed by atoms with Crippen LogP contribution in [-0.4, -0.2) is 9.97 Å². The minimum atomic E-state index is -4.39. The summed E-state index contributed by atoms with van der Waals surface area (Å²) < 4.78 is 38.5. The fraction of sp³-hybridized carbons (Fsp3) is 0.636. The van der Waals surface area contributed by atoms with Gasteiger partial charge in [0.15, 0.2) is 5.69 Å². The molecule has 1 N–H and O–H groups in total. The molecular formula is C11H14F3N3. The zero-order valence-corrected chi connectivity index (χ0v) is 9.56. The smallest absolute Gasteiger partial charge is 0.307 e. The lowest BCUT2D eigenvalue weighted by Crippen LogP contribution is -2.15. The molecular weight excluding hydrogens is 231 g/mol. The van der Waals surface area contributed by atoms with Gasteiger partial charge in [-0.1, -0.05) is 13.3 Å². The fourth-order valence-corrected chi connectivity index (χ4v) is 1.90. The van der Waals surface area contributed by atoms with Gasteiger partial charge in [0.2, 0.25) is 0 Å². The largest absolute Gasteiger partial charge is 0.433 e. The van der Waals surface area contributed by atoms with Crippen LogP contribution in [0.1, 0.15) is 42.5 Å². The number of nitrogens with zero attached hydrogens (tertiary/aromatic N) is 2. The number of halogens is 3. The highest BCUT2D eigenvalue weighted by Crippen LogP contribution is 2.33. The quantitative estimate of drug-likeness (QED) is 0.888. The van der Waals surface area contributed by atoms with E-state index in [0.717, 1.165) is 12.8 Å². The number of aromatic nitrogens is 2. The molecule has 94 valence electrons. The molecule has 0 saturated carbocycles. The van der Waals surface area contributed by atoms with E-state index in [4.69, 9.17) is 0 Å². The van der Waals surface area contributed by atoms with Gasteiger partial charge in [0.25, 0.3) is 0 Å². The van der Waals surface area contributed by atoms with E-state index in [1.54, 1.807) is 0 Å². The number of alkyl halides is 3. The van der Waals surface area contributed by atoms with Crippen LogP contribution in [-0.2, 0) is 25.7 Å². The van der Waals surface area contributed by atoms with E-state index >= 15 is 0 Å². The molecule has 0 atom stereocenters. The van der Waals surface area contributed by atoms with Gasteiger partial charge >= 0.3 is 6.18 Å². The van der Waals surface area contributed by atoms with Crippen LogP contribution < -0.4 is 5.32 Å². The van der Waals surface area contributed by atoms with Crippen LogP contribution in [0.3, 0.4) is 0 Å². The van der Waals surface area contributed by atoms with Gasteiger partial charge in [0.05, 0.1) is 5.69 Å². The molecule has 0 saturated heterocycles. The molecule has 1 aliphatic rings. The van der Waals surface area contributed by atoms with Crippen LogP contribution in [0.15, 0.2) is 0 Å². The summed E-state index contributed by atoms with van der Waals surface area (Å²) in [5, 5.41) is 2.88. The average molecular weight is 245 g/mol. The van der Waals surface area contributed by atoms with Crippen molar-refractivity contribution in [1.29, 1.82) is 0 Å². The normalized spacial score (nSPS) is 15.1. The van der Waals surface area contributed by atoms with Crippen molar-refractivity contribution in [1.82, 2.24) is 15.3 Å². The number of rotatable bonds is 3. The summed E-state index contributed by atoms with van der Waals surface area (Å²) >= 11 is 0. The molecule has 1 aliphatic heterocycles. The second-order valence-electron chi connectivity index (χ2n) is 4.12. The Morgan fingerprint density at radius 3 is 2.65 bits per heavy atom. The van der Waals surface area contributed by atoms with Gasteiger partial charge in [-0.25, -0.2) is 9.97 Å². The molecule has 0 aromatic carbocycles. The standard InChI is InChI=1S/C11H14F3N3/c1-2-3-4-9-16-8-6-15-5-7(8)10(17-9)11(12,13)14/h15H,2-6H2,1H3. The molecule has 2 heterocycles. The Morgan fingerprint density at radius 1 is 1.24 bits per heavy atom. The number of hydrogen-bond acceptors (Lipinski definition) is 3. The maximum Gasteiger partial charge on any atom is 0.433 e. The van der Waals surface area contributed by atoms with Crippen molar-refractivity contribution in [2.75, 3.05) is 0 Å². The number of fused-ring (bicyclic) bond motifs is 1. The van der Waals surface area contributed by atoms with Crippen LogP contribution >= 0.6 is 0 Å². The number of nitrogens with one attached hydrogen (secondary N) is 1. The van der Waals surface area contributed by atoms with Gasteiger partial charge < -0.3 is 5.32 Å². The molecule has 1 aromatic rings. The van der Waals surface area contributed by atoms with Crippen LogP contribution in [0.2, 0.25) is 0 Å². The van der Waals surface area contributed by atoms with Gasteiger partial charge in [-0.3, -0.25) is 0 Å². The van der Waals surface area contributed by atoms with Crippen molar-refractivity contribution < 1.29 is 13.2 Å². The molecule has 6 heteroatoms. The lowest BCUT2D eigenvalue weighted by molar-refractivity contribution is -0.142. The second-order valence-corrected chi connectivity index (χ2v) is 4.12. The highest BCUT2D eigenvalue weighted by molar-refractivity contribution is 5.31. The van der Waals surface area contributed by atoms with Gasteiger partial charge in [0.1, 0.15) is 5.82 Å². The molecule has 3 nitrogen and oxygen atoms in total. The van der Waals surface area contributed by atoms with E-state index in [9.17, 15) is 13.2 Å².